The number of ether oxygens (including phenoxy) is 3. The van der Waals surface area contributed by atoms with Gasteiger partial charge in [0.1, 0.15) is 0 Å². The Bertz CT molecular complexity index is 410. The normalized spacial score (nSPS) is 18.5. The zero-order valence-electron chi connectivity index (χ0n) is 16.6. The number of hydrogen-bond acceptors (Lipinski definition) is 7. The highest BCUT2D eigenvalue weighted by Crippen LogP contribution is 2.50. The minimum atomic E-state index is -3.83. The highest BCUT2D eigenvalue weighted by Gasteiger charge is 2.30. The fourth-order valence-electron chi connectivity index (χ4n) is 1.86. The molecule has 7 nitrogen and oxygen atoms in total. The van der Waals surface area contributed by atoms with Gasteiger partial charge in [-0.2, -0.15) is 0 Å². The fraction of sp³-hybridized carbons (Fsp3) is 0.667. The van der Waals surface area contributed by atoms with Crippen molar-refractivity contribution in [2.24, 2.45) is 0 Å². The lowest BCUT2D eigenvalue weighted by atomic mass is 10.3. The molecule has 0 N–H and O–H groups in total. The van der Waals surface area contributed by atoms with E-state index in [1.54, 1.807) is 39.6 Å². The van der Waals surface area contributed by atoms with E-state index in [1.807, 2.05) is 39.0 Å². The molecule has 0 bridgehead atoms. The van der Waals surface area contributed by atoms with E-state index in [-0.39, 0.29) is 38.1 Å². The van der Waals surface area contributed by atoms with E-state index in [4.69, 9.17) is 27.8 Å². The van der Waals surface area contributed by atoms with Gasteiger partial charge < -0.3 is 14.2 Å². The van der Waals surface area contributed by atoms with Gasteiger partial charge in [-0.25, -0.2) is 4.57 Å². The minimum Gasteiger partial charge on any atom is -0.375 e. The van der Waals surface area contributed by atoms with Gasteiger partial charge >= 0.3 is 7.82 Å². The van der Waals surface area contributed by atoms with E-state index in [0.29, 0.717) is 0 Å². The molecule has 0 aliphatic carbocycles. The predicted octanol–water partition coefficient (Wildman–Crippen LogP) is 3.92. The Balaban J connectivity index is 5.01. The van der Waals surface area contributed by atoms with Crippen molar-refractivity contribution in [3.8, 4) is 0 Å². The van der Waals surface area contributed by atoms with Crippen LogP contribution in [0.2, 0.25) is 0 Å². The first-order valence-corrected chi connectivity index (χ1v) is 9.95. The molecule has 3 unspecified atom stereocenters. The third-order valence-corrected chi connectivity index (χ3v) is 4.72. The summed E-state index contributed by atoms with van der Waals surface area (Å²) in [5, 5.41) is 0. The Morgan fingerprint density at radius 3 is 1.12 bits per heavy atom. The first kappa shape index (κ1) is 25.2. The molecule has 26 heavy (non-hydrogen) atoms. The van der Waals surface area contributed by atoms with Crippen molar-refractivity contribution in [2.45, 2.75) is 39.1 Å². The monoisotopic (exact) mass is 392 g/mol. The maximum absolute atomic E-state index is 13.0. The van der Waals surface area contributed by atoms with Crippen LogP contribution in [0.4, 0.5) is 0 Å². The van der Waals surface area contributed by atoms with Crippen molar-refractivity contribution in [3.05, 3.63) is 36.5 Å². The Hall–Kier alpha value is -0.790. The van der Waals surface area contributed by atoms with Crippen molar-refractivity contribution >= 4 is 7.82 Å². The molecule has 0 heterocycles. The van der Waals surface area contributed by atoms with E-state index < -0.39 is 7.82 Å². The maximum Gasteiger partial charge on any atom is 0.475 e. The van der Waals surface area contributed by atoms with Crippen LogP contribution in [0.5, 0.6) is 0 Å². The van der Waals surface area contributed by atoms with Crippen molar-refractivity contribution in [3.63, 3.8) is 0 Å². The number of hydrogen-bond donors (Lipinski definition) is 0. The summed E-state index contributed by atoms with van der Waals surface area (Å²) in [5.41, 5.74) is 0. The summed E-state index contributed by atoms with van der Waals surface area (Å²) in [7, 11) is 0.794. The average Bonchev–Trinajstić information content (AvgIpc) is 2.65. The van der Waals surface area contributed by atoms with Crippen molar-refractivity contribution < 1.29 is 32.3 Å². The predicted molar refractivity (Wildman–Crippen MR) is 102 cm³/mol. The molecule has 8 heteroatoms. The van der Waals surface area contributed by atoms with E-state index in [2.05, 4.69) is 0 Å². The summed E-state index contributed by atoms with van der Waals surface area (Å²) in [5.74, 6) is 0. The molecule has 0 aromatic rings. The second kappa shape index (κ2) is 15.3. The summed E-state index contributed by atoms with van der Waals surface area (Å²) < 4.78 is 45.1. The van der Waals surface area contributed by atoms with Gasteiger partial charge in [-0.05, 0) is 20.8 Å². The summed E-state index contributed by atoms with van der Waals surface area (Å²) in [6.45, 7) is 5.67. The van der Waals surface area contributed by atoms with Crippen LogP contribution in [0.1, 0.15) is 20.8 Å². The Kier molecular flexibility index (Phi) is 14.8. The smallest absolute Gasteiger partial charge is 0.375 e. The molecule has 0 spiro atoms. The van der Waals surface area contributed by atoms with Crippen molar-refractivity contribution in [1.29, 1.82) is 0 Å². The first-order chi connectivity index (χ1) is 12.5. The van der Waals surface area contributed by atoms with Gasteiger partial charge in [-0.15, -0.1) is 0 Å². The zero-order valence-corrected chi connectivity index (χ0v) is 17.5. The van der Waals surface area contributed by atoms with Gasteiger partial charge in [0.05, 0.1) is 38.1 Å². The average molecular weight is 392 g/mol. The minimum absolute atomic E-state index is 0.0284. The Morgan fingerprint density at radius 2 is 0.923 bits per heavy atom. The molecular formula is C18H33O7P. The fourth-order valence-corrected chi connectivity index (χ4v) is 3.07. The molecule has 3 atom stereocenters. The molecule has 152 valence electrons. The molecule has 0 amide bonds. The molecule has 0 aromatic heterocycles. The van der Waals surface area contributed by atoms with Crippen molar-refractivity contribution in [2.75, 3.05) is 41.2 Å². The maximum atomic E-state index is 13.0. The van der Waals surface area contributed by atoms with E-state index in [1.165, 1.54) is 0 Å². The summed E-state index contributed by atoms with van der Waals surface area (Å²) >= 11 is 0. The molecule has 0 rings (SSSR count). The molecule has 0 saturated carbocycles. The van der Waals surface area contributed by atoms with Crippen LogP contribution in [0.15, 0.2) is 36.5 Å². The number of allylic oxidation sites excluding steroid dienone is 3. The third-order valence-electron chi connectivity index (χ3n) is 3.32. The van der Waals surface area contributed by atoms with Crippen LogP contribution in [0.3, 0.4) is 0 Å². The summed E-state index contributed by atoms with van der Waals surface area (Å²) in [4.78, 5) is 0. The number of rotatable bonds is 15. The second-order valence-electron chi connectivity index (χ2n) is 5.23. The molecule has 0 aliphatic rings. The first-order valence-electron chi connectivity index (χ1n) is 8.48. The van der Waals surface area contributed by atoms with Crippen LogP contribution in [-0.2, 0) is 32.3 Å². The van der Waals surface area contributed by atoms with Crippen LogP contribution >= 0.6 is 7.82 Å². The molecule has 0 fully saturated rings. The Morgan fingerprint density at radius 1 is 0.654 bits per heavy atom. The number of methoxy groups -OCH3 is 3. The van der Waals surface area contributed by atoms with Crippen LogP contribution < -0.4 is 0 Å². The topological polar surface area (TPSA) is 72.5 Å². The SMILES string of the molecule is CC=CC(COP(=O)(OCC(C=CC)OC)OCC(C=CC)OC)OC. The largest absolute Gasteiger partial charge is 0.475 e. The highest BCUT2D eigenvalue weighted by molar-refractivity contribution is 7.48. The molecule has 0 radical (unpaired) electrons. The molecule has 0 saturated heterocycles. The van der Waals surface area contributed by atoms with Gasteiger partial charge in [0, 0.05) is 21.3 Å². The van der Waals surface area contributed by atoms with Crippen molar-refractivity contribution in [1.82, 2.24) is 0 Å². The lowest BCUT2D eigenvalue weighted by Gasteiger charge is -2.23. The molecule has 0 aliphatic heterocycles. The van der Waals surface area contributed by atoms with Gasteiger partial charge in [-0.1, -0.05) is 36.5 Å². The van der Waals surface area contributed by atoms with Crippen LogP contribution in [0, 0.1) is 0 Å². The Labute approximate surface area is 157 Å². The standard InChI is InChI=1S/C18H33O7P/c1-7-10-16(20-4)13-23-26(19,24-14-17(21-5)11-8-2)25-15-18(22-6)12-9-3/h7-12,16-18H,13-15H2,1-6H3. The van der Waals surface area contributed by atoms with Crippen LogP contribution in [0.25, 0.3) is 0 Å². The quantitative estimate of drug-likeness (QED) is 0.309. The summed E-state index contributed by atoms with van der Waals surface area (Å²) in [6, 6.07) is 0. The van der Waals surface area contributed by atoms with E-state index in [9.17, 15) is 4.57 Å². The van der Waals surface area contributed by atoms with Crippen LogP contribution in [-0.4, -0.2) is 59.5 Å². The molecule has 0 aromatic carbocycles. The third kappa shape index (κ3) is 11.0. The second-order valence-corrected chi connectivity index (χ2v) is 6.90. The number of phosphoric ester groups is 1. The number of phosphoric acid groups is 1. The van der Waals surface area contributed by atoms with Gasteiger partial charge in [0.2, 0.25) is 0 Å². The molecular weight excluding hydrogens is 359 g/mol. The van der Waals surface area contributed by atoms with Gasteiger partial charge in [0.15, 0.2) is 0 Å². The van der Waals surface area contributed by atoms with E-state index in [0.717, 1.165) is 0 Å². The van der Waals surface area contributed by atoms with Gasteiger partial charge in [-0.3, -0.25) is 13.6 Å². The summed E-state index contributed by atoms with van der Waals surface area (Å²) in [6.07, 6.45) is 9.77. The lowest BCUT2D eigenvalue weighted by molar-refractivity contribution is 0.0184. The van der Waals surface area contributed by atoms with Gasteiger partial charge in [0.25, 0.3) is 0 Å². The highest BCUT2D eigenvalue weighted by atomic mass is 31.2. The van der Waals surface area contributed by atoms with E-state index >= 15 is 0 Å². The zero-order chi connectivity index (χ0) is 19.8. The lowest BCUT2D eigenvalue weighted by Crippen LogP contribution is -2.21.